The fourth-order valence-corrected chi connectivity index (χ4v) is 2.85. The van der Waals surface area contributed by atoms with Crippen LogP contribution in [0.15, 0.2) is 36.7 Å². The van der Waals surface area contributed by atoms with Crippen molar-refractivity contribution in [3.05, 3.63) is 42.2 Å². The summed E-state index contributed by atoms with van der Waals surface area (Å²) in [5.74, 6) is 0.514. The van der Waals surface area contributed by atoms with Crippen LogP contribution in [-0.4, -0.2) is 20.8 Å². The maximum atomic E-state index is 12.8. The second kappa shape index (κ2) is 5.18. The molecule has 0 radical (unpaired) electrons. The second-order valence-electron chi connectivity index (χ2n) is 5.36. The first kappa shape index (κ1) is 14.1. The van der Waals surface area contributed by atoms with Crippen molar-refractivity contribution in [2.45, 2.75) is 37.6 Å². The molecule has 0 amide bonds. The Kier molecular flexibility index (Phi) is 3.49. The molecule has 1 heterocycles. The summed E-state index contributed by atoms with van der Waals surface area (Å²) in [4.78, 5) is 4.19. The first-order valence-corrected chi connectivity index (χ1v) is 6.83. The van der Waals surface area contributed by atoms with Gasteiger partial charge in [-0.3, -0.25) is 0 Å². The molecule has 1 aliphatic rings. The number of halogens is 3. The summed E-state index contributed by atoms with van der Waals surface area (Å²) in [5.41, 5.74) is -0.239. The summed E-state index contributed by atoms with van der Waals surface area (Å²) >= 11 is 0. The van der Waals surface area contributed by atoms with Crippen molar-refractivity contribution in [3.63, 3.8) is 0 Å². The van der Waals surface area contributed by atoms with E-state index in [1.165, 1.54) is 6.07 Å². The number of rotatable bonds is 2. The van der Waals surface area contributed by atoms with E-state index >= 15 is 0 Å². The van der Waals surface area contributed by atoms with Crippen molar-refractivity contribution in [3.8, 4) is 11.4 Å². The molecule has 0 bridgehead atoms. The zero-order valence-electron chi connectivity index (χ0n) is 11.2. The largest absolute Gasteiger partial charge is 0.416 e. The second-order valence-corrected chi connectivity index (χ2v) is 5.36. The molecule has 2 atom stereocenters. The number of hydrogen-bond acceptors (Lipinski definition) is 2. The summed E-state index contributed by atoms with van der Waals surface area (Å²) in [5, 5.41) is 9.63. The van der Waals surface area contributed by atoms with Gasteiger partial charge in [0.15, 0.2) is 0 Å². The predicted molar refractivity (Wildman–Crippen MR) is 71.6 cm³/mol. The Morgan fingerprint density at radius 1 is 1.24 bits per heavy atom. The third kappa shape index (κ3) is 2.81. The van der Waals surface area contributed by atoms with Crippen LogP contribution >= 0.6 is 0 Å². The third-order valence-corrected chi connectivity index (χ3v) is 3.89. The van der Waals surface area contributed by atoms with E-state index < -0.39 is 11.7 Å². The number of aliphatic hydroxyl groups excluding tert-OH is 1. The van der Waals surface area contributed by atoms with Crippen molar-refractivity contribution < 1.29 is 18.3 Å². The third-order valence-electron chi connectivity index (χ3n) is 3.89. The highest BCUT2D eigenvalue weighted by molar-refractivity contribution is 5.57. The average molecular weight is 296 g/mol. The number of imidazole rings is 1. The molecule has 1 aromatic heterocycles. The molecule has 1 N–H and O–H groups in total. The van der Waals surface area contributed by atoms with Crippen molar-refractivity contribution in [2.75, 3.05) is 0 Å². The minimum Gasteiger partial charge on any atom is -0.393 e. The van der Waals surface area contributed by atoms with E-state index in [1.807, 2.05) is 4.57 Å². The first-order chi connectivity index (χ1) is 9.95. The van der Waals surface area contributed by atoms with Gasteiger partial charge in [0.2, 0.25) is 0 Å². The quantitative estimate of drug-likeness (QED) is 0.918. The van der Waals surface area contributed by atoms with Gasteiger partial charge in [-0.25, -0.2) is 4.98 Å². The van der Waals surface area contributed by atoms with Crippen LogP contribution in [0, 0.1) is 0 Å². The lowest BCUT2D eigenvalue weighted by molar-refractivity contribution is -0.137. The fourth-order valence-electron chi connectivity index (χ4n) is 2.85. The van der Waals surface area contributed by atoms with Gasteiger partial charge >= 0.3 is 6.18 Å². The molecule has 3 rings (SSSR count). The Morgan fingerprint density at radius 3 is 2.71 bits per heavy atom. The van der Waals surface area contributed by atoms with Crippen LogP contribution in [0.3, 0.4) is 0 Å². The average Bonchev–Trinajstić information content (AvgIpc) is 3.06. The molecule has 1 saturated carbocycles. The number of hydrogen-bond donors (Lipinski definition) is 1. The lowest BCUT2D eigenvalue weighted by Gasteiger charge is -2.16. The van der Waals surface area contributed by atoms with Crippen molar-refractivity contribution in [2.24, 2.45) is 0 Å². The number of aromatic nitrogens is 2. The molecular formula is C15H15F3N2O. The van der Waals surface area contributed by atoms with Crippen LogP contribution in [0.1, 0.15) is 30.9 Å². The fraction of sp³-hybridized carbons (Fsp3) is 0.400. The lowest BCUT2D eigenvalue weighted by Crippen LogP contribution is -2.09. The molecule has 0 aliphatic heterocycles. The maximum Gasteiger partial charge on any atom is 0.416 e. The lowest BCUT2D eigenvalue weighted by atomic mass is 10.1. The van der Waals surface area contributed by atoms with Crippen LogP contribution in [-0.2, 0) is 6.18 Å². The van der Waals surface area contributed by atoms with Crippen LogP contribution in [0.4, 0.5) is 13.2 Å². The van der Waals surface area contributed by atoms with E-state index in [4.69, 9.17) is 0 Å². The molecule has 0 saturated heterocycles. The summed E-state index contributed by atoms with van der Waals surface area (Å²) in [6.07, 6.45) is 0.776. The highest BCUT2D eigenvalue weighted by atomic mass is 19.4. The van der Waals surface area contributed by atoms with E-state index in [1.54, 1.807) is 18.5 Å². The zero-order chi connectivity index (χ0) is 15.0. The van der Waals surface area contributed by atoms with Gasteiger partial charge < -0.3 is 9.67 Å². The molecule has 1 fully saturated rings. The molecule has 2 aromatic rings. The molecule has 21 heavy (non-hydrogen) atoms. The van der Waals surface area contributed by atoms with Crippen molar-refractivity contribution in [1.29, 1.82) is 0 Å². The highest BCUT2D eigenvalue weighted by Crippen LogP contribution is 2.35. The standard InChI is InChI=1S/C15H15F3N2O/c16-15(17,18)11-3-1-2-10(8-11)14-19-6-7-20(14)12-4-5-13(21)9-12/h1-3,6-8,12-13,21H,4-5,9H2/t12-,13+/m1/s1. The highest BCUT2D eigenvalue weighted by Gasteiger charge is 2.31. The Morgan fingerprint density at radius 2 is 2.05 bits per heavy atom. The van der Waals surface area contributed by atoms with Gasteiger partial charge in [0.1, 0.15) is 5.82 Å². The topological polar surface area (TPSA) is 38.0 Å². The molecular weight excluding hydrogens is 281 g/mol. The van der Waals surface area contributed by atoms with Gasteiger partial charge in [-0.05, 0) is 31.4 Å². The van der Waals surface area contributed by atoms with Crippen LogP contribution in [0.2, 0.25) is 0 Å². The van der Waals surface area contributed by atoms with Gasteiger partial charge in [-0.1, -0.05) is 12.1 Å². The summed E-state index contributed by atoms with van der Waals surface area (Å²) in [7, 11) is 0. The molecule has 0 spiro atoms. The molecule has 1 aromatic carbocycles. The van der Waals surface area contributed by atoms with Crippen LogP contribution in [0.25, 0.3) is 11.4 Å². The predicted octanol–water partition coefficient (Wildman–Crippen LogP) is 3.65. The summed E-state index contributed by atoms with van der Waals surface area (Å²) in [6.45, 7) is 0. The minimum absolute atomic E-state index is 0.0899. The Bertz CT molecular complexity index is 636. The van der Waals surface area contributed by atoms with E-state index in [9.17, 15) is 18.3 Å². The van der Waals surface area contributed by atoms with Crippen LogP contribution < -0.4 is 0 Å². The van der Waals surface area contributed by atoms with Gasteiger partial charge in [0, 0.05) is 24.0 Å². The van der Waals surface area contributed by atoms with E-state index in [2.05, 4.69) is 4.98 Å². The number of alkyl halides is 3. The van der Waals surface area contributed by atoms with Gasteiger partial charge in [-0.2, -0.15) is 13.2 Å². The van der Waals surface area contributed by atoms with E-state index in [0.29, 0.717) is 24.2 Å². The first-order valence-electron chi connectivity index (χ1n) is 6.83. The normalized spacial score (nSPS) is 22.7. The number of nitrogens with zero attached hydrogens (tertiary/aromatic N) is 2. The molecule has 0 unspecified atom stereocenters. The van der Waals surface area contributed by atoms with Crippen LogP contribution in [0.5, 0.6) is 0 Å². The summed E-state index contributed by atoms with van der Waals surface area (Å²) < 4.78 is 40.3. The van der Waals surface area contributed by atoms with Gasteiger partial charge in [0.05, 0.1) is 11.7 Å². The smallest absolute Gasteiger partial charge is 0.393 e. The Balaban J connectivity index is 1.97. The Hall–Kier alpha value is -1.82. The maximum absolute atomic E-state index is 12.8. The zero-order valence-corrected chi connectivity index (χ0v) is 11.2. The van der Waals surface area contributed by atoms with E-state index in [0.717, 1.165) is 18.6 Å². The number of aliphatic hydroxyl groups is 1. The Labute approximate surface area is 120 Å². The molecule has 112 valence electrons. The van der Waals surface area contributed by atoms with Crippen molar-refractivity contribution in [1.82, 2.24) is 9.55 Å². The SMILES string of the molecule is O[C@H]1CC[C@@H](n2ccnc2-c2cccc(C(F)(F)F)c2)C1. The van der Waals surface area contributed by atoms with E-state index in [-0.39, 0.29) is 12.1 Å². The number of benzene rings is 1. The minimum atomic E-state index is -4.36. The summed E-state index contributed by atoms with van der Waals surface area (Å²) in [6, 6.07) is 5.27. The molecule has 3 nitrogen and oxygen atoms in total. The molecule has 6 heteroatoms. The van der Waals surface area contributed by atoms with Crippen molar-refractivity contribution >= 4 is 0 Å². The van der Waals surface area contributed by atoms with Gasteiger partial charge in [-0.15, -0.1) is 0 Å². The molecule has 1 aliphatic carbocycles. The monoisotopic (exact) mass is 296 g/mol. The van der Waals surface area contributed by atoms with Gasteiger partial charge in [0.25, 0.3) is 0 Å².